The molecule has 6 heteroatoms. The van der Waals surface area contributed by atoms with Crippen LogP contribution >= 0.6 is 0 Å². The minimum absolute atomic E-state index is 0.125. The zero-order valence-corrected chi connectivity index (χ0v) is 17.8. The second-order valence-electron chi connectivity index (χ2n) is 7.75. The topological polar surface area (TPSA) is 62.7 Å². The summed E-state index contributed by atoms with van der Waals surface area (Å²) < 4.78 is 5.39. The molecule has 0 spiro atoms. The molecule has 1 aliphatic rings. The highest BCUT2D eigenvalue weighted by Crippen LogP contribution is 2.25. The van der Waals surface area contributed by atoms with Gasteiger partial charge >= 0.3 is 0 Å². The van der Waals surface area contributed by atoms with Crippen LogP contribution in [0.2, 0.25) is 0 Å². The summed E-state index contributed by atoms with van der Waals surface area (Å²) in [5.74, 6) is 0.488. The number of hydrogen-bond acceptors (Lipinski definition) is 4. The number of rotatable bonds is 6. The summed E-state index contributed by atoms with van der Waals surface area (Å²) in [4.78, 5) is 33.6. The fourth-order valence-corrected chi connectivity index (χ4v) is 4.00. The third kappa shape index (κ3) is 4.85. The van der Waals surface area contributed by atoms with Gasteiger partial charge in [0.05, 0.1) is 7.11 Å². The van der Waals surface area contributed by atoms with E-state index in [4.69, 9.17) is 4.74 Å². The summed E-state index contributed by atoms with van der Waals surface area (Å²) >= 11 is 0. The zero-order valence-electron chi connectivity index (χ0n) is 17.8. The number of methoxy groups -OCH3 is 1. The van der Waals surface area contributed by atoms with Gasteiger partial charge in [0, 0.05) is 38.0 Å². The number of piperazine rings is 1. The molecule has 0 N–H and O–H groups in total. The van der Waals surface area contributed by atoms with Crippen molar-refractivity contribution in [2.75, 3.05) is 33.3 Å². The number of carbonyl (C=O) groups excluding carboxylic acids is 2. The first kappa shape index (κ1) is 20.8. The molecular formula is C25H27N3O3. The van der Waals surface area contributed by atoms with Gasteiger partial charge in [-0.1, -0.05) is 48.5 Å². The van der Waals surface area contributed by atoms with Gasteiger partial charge < -0.3 is 14.5 Å². The van der Waals surface area contributed by atoms with Crippen LogP contribution in [-0.2, 0) is 11.2 Å². The van der Waals surface area contributed by atoms with Gasteiger partial charge in [0.1, 0.15) is 5.69 Å². The van der Waals surface area contributed by atoms with Gasteiger partial charge in [-0.05, 0) is 35.9 Å². The van der Waals surface area contributed by atoms with Crippen molar-refractivity contribution in [1.82, 2.24) is 14.8 Å². The van der Waals surface area contributed by atoms with Crippen LogP contribution in [0.5, 0.6) is 5.88 Å². The van der Waals surface area contributed by atoms with Crippen LogP contribution in [-0.4, -0.2) is 59.9 Å². The lowest BCUT2D eigenvalue weighted by molar-refractivity contribution is -0.132. The SMILES string of the molecule is COc1nc(C(=O)N2CCN(C(=O)CCCc3ccccc3)CC2)cc2ccccc12. The molecule has 0 unspecified atom stereocenters. The number of ether oxygens (including phenoxy) is 1. The van der Waals surface area contributed by atoms with E-state index in [-0.39, 0.29) is 11.8 Å². The standard InChI is InChI=1S/C25H27N3O3/c1-31-24-21-12-6-5-11-20(21)18-22(26-24)25(30)28-16-14-27(15-17-28)23(29)13-7-10-19-8-3-2-4-9-19/h2-6,8-9,11-12,18H,7,10,13-17H2,1H3. The largest absolute Gasteiger partial charge is 0.481 e. The van der Waals surface area contributed by atoms with Crippen LogP contribution in [0.4, 0.5) is 0 Å². The minimum Gasteiger partial charge on any atom is -0.481 e. The van der Waals surface area contributed by atoms with Crippen molar-refractivity contribution in [1.29, 1.82) is 0 Å². The van der Waals surface area contributed by atoms with E-state index in [0.29, 0.717) is 44.2 Å². The van der Waals surface area contributed by atoms with E-state index in [0.717, 1.165) is 23.6 Å². The molecule has 2 amide bonds. The molecule has 0 aliphatic carbocycles. The van der Waals surface area contributed by atoms with Crippen LogP contribution in [0.25, 0.3) is 10.8 Å². The maximum Gasteiger partial charge on any atom is 0.272 e. The monoisotopic (exact) mass is 417 g/mol. The van der Waals surface area contributed by atoms with Gasteiger partial charge in [0.15, 0.2) is 0 Å². The van der Waals surface area contributed by atoms with E-state index in [9.17, 15) is 9.59 Å². The van der Waals surface area contributed by atoms with E-state index in [1.165, 1.54) is 5.56 Å². The average Bonchev–Trinajstić information content (AvgIpc) is 2.83. The Bertz CT molecular complexity index is 1060. The summed E-state index contributed by atoms with van der Waals surface area (Å²) in [6, 6.07) is 19.7. The Morgan fingerprint density at radius 1 is 0.935 bits per heavy atom. The second kappa shape index (κ2) is 9.60. The number of amides is 2. The van der Waals surface area contributed by atoms with Crippen molar-refractivity contribution in [2.45, 2.75) is 19.3 Å². The van der Waals surface area contributed by atoms with Gasteiger partial charge in [-0.3, -0.25) is 9.59 Å². The Morgan fingerprint density at radius 3 is 2.35 bits per heavy atom. The first-order valence-corrected chi connectivity index (χ1v) is 10.7. The summed E-state index contributed by atoms with van der Waals surface area (Å²) in [5, 5.41) is 1.80. The average molecular weight is 418 g/mol. The van der Waals surface area contributed by atoms with Crippen LogP contribution in [0.1, 0.15) is 28.9 Å². The van der Waals surface area contributed by atoms with E-state index in [2.05, 4.69) is 17.1 Å². The van der Waals surface area contributed by atoms with Crippen LogP contribution in [0.3, 0.4) is 0 Å². The van der Waals surface area contributed by atoms with Gasteiger partial charge in [-0.2, -0.15) is 0 Å². The molecule has 2 aromatic carbocycles. The summed E-state index contributed by atoms with van der Waals surface area (Å²) in [6.45, 7) is 2.14. The summed E-state index contributed by atoms with van der Waals surface area (Å²) in [7, 11) is 1.56. The number of fused-ring (bicyclic) bond motifs is 1. The van der Waals surface area contributed by atoms with Gasteiger partial charge in [-0.25, -0.2) is 4.98 Å². The molecule has 0 saturated carbocycles. The van der Waals surface area contributed by atoms with Crippen LogP contribution < -0.4 is 4.74 Å². The highest BCUT2D eigenvalue weighted by atomic mass is 16.5. The van der Waals surface area contributed by atoms with Gasteiger partial charge in [0.2, 0.25) is 11.8 Å². The molecule has 4 rings (SSSR count). The van der Waals surface area contributed by atoms with Crippen molar-refractivity contribution in [3.8, 4) is 5.88 Å². The molecule has 1 saturated heterocycles. The number of aromatic nitrogens is 1. The minimum atomic E-state index is -0.125. The third-order valence-electron chi connectivity index (χ3n) is 5.74. The van der Waals surface area contributed by atoms with Crippen molar-refractivity contribution >= 4 is 22.6 Å². The Balaban J connectivity index is 1.32. The van der Waals surface area contributed by atoms with Crippen LogP contribution in [0, 0.1) is 0 Å². The third-order valence-corrected chi connectivity index (χ3v) is 5.74. The first-order chi connectivity index (χ1) is 15.2. The molecule has 1 fully saturated rings. The Morgan fingerprint density at radius 2 is 1.61 bits per heavy atom. The fraction of sp³-hybridized carbons (Fsp3) is 0.320. The highest BCUT2D eigenvalue weighted by molar-refractivity contribution is 5.98. The Kier molecular flexibility index (Phi) is 6.46. The van der Waals surface area contributed by atoms with Crippen molar-refractivity contribution in [3.05, 3.63) is 71.9 Å². The second-order valence-corrected chi connectivity index (χ2v) is 7.75. The first-order valence-electron chi connectivity index (χ1n) is 10.7. The van der Waals surface area contributed by atoms with Crippen molar-refractivity contribution < 1.29 is 14.3 Å². The Labute approximate surface area is 182 Å². The number of hydrogen-bond donors (Lipinski definition) is 0. The van der Waals surface area contributed by atoms with E-state index >= 15 is 0 Å². The molecule has 2 heterocycles. The smallest absolute Gasteiger partial charge is 0.272 e. The van der Waals surface area contributed by atoms with Gasteiger partial charge in [0.25, 0.3) is 5.91 Å². The molecule has 6 nitrogen and oxygen atoms in total. The molecule has 0 radical (unpaired) electrons. The number of benzene rings is 2. The fourth-order valence-electron chi connectivity index (χ4n) is 4.00. The Hall–Kier alpha value is -3.41. The maximum atomic E-state index is 13.0. The normalized spacial score (nSPS) is 14.0. The molecule has 31 heavy (non-hydrogen) atoms. The molecule has 0 atom stereocenters. The summed E-state index contributed by atoms with van der Waals surface area (Å²) in [5.41, 5.74) is 1.63. The molecule has 3 aromatic rings. The molecule has 0 bridgehead atoms. The predicted molar refractivity (Wildman–Crippen MR) is 120 cm³/mol. The molecule has 160 valence electrons. The quantitative estimate of drug-likeness (QED) is 0.615. The molecule has 1 aromatic heterocycles. The van der Waals surface area contributed by atoms with Crippen LogP contribution in [0.15, 0.2) is 60.7 Å². The number of aryl methyl sites for hydroxylation is 1. The number of nitrogens with zero attached hydrogens (tertiary/aromatic N) is 3. The lowest BCUT2D eigenvalue weighted by atomic mass is 10.1. The molecule has 1 aliphatic heterocycles. The molecular weight excluding hydrogens is 390 g/mol. The van der Waals surface area contributed by atoms with E-state index in [1.54, 1.807) is 18.1 Å². The lowest BCUT2D eigenvalue weighted by Crippen LogP contribution is -2.50. The maximum absolute atomic E-state index is 13.0. The van der Waals surface area contributed by atoms with Gasteiger partial charge in [-0.15, -0.1) is 0 Å². The zero-order chi connectivity index (χ0) is 21.6. The highest BCUT2D eigenvalue weighted by Gasteiger charge is 2.26. The van der Waals surface area contributed by atoms with E-state index in [1.807, 2.05) is 47.4 Å². The summed E-state index contributed by atoms with van der Waals surface area (Å²) in [6.07, 6.45) is 2.27. The van der Waals surface area contributed by atoms with E-state index < -0.39 is 0 Å². The van der Waals surface area contributed by atoms with Crippen molar-refractivity contribution in [3.63, 3.8) is 0 Å². The predicted octanol–water partition coefficient (Wildman–Crippen LogP) is 3.55. The van der Waals surface area contributed by atoms with Crippen molar-refractivity contribution in [2.24, 2.45) is 0 Å². The number of carbonyl (C=O) groups is 2. The lowest BCUT2D eigenvalue weighted by Gasteiger charge is -2.34. The number of pyridine rings is 1.